The van der Waals surface area contributed by atoms with E-state index in [0.717, 1.165) is 5.56 Å². The third kappa shape index (κ3) is 3.92. The molecule has 0 saturated carbocycles. The zero-order valence-electron chi connectivity index (χ0n) is 14.9. The predicted molar refractivity (Wildman–Crippen MR) is 96.8 cm³/mol. The lowest BCUT2D eigenvalue weighted by molar-refractivity contribution is -0.0367. The molecule has 1 fully saturated rings. The maximum atomic E-state index is 14.0. The van der Waals surface area contributed by atoms with Crippen molar-refractivity contribution in [2.45, 2.75) is 38.4 Å². The molecular formula is C21H26FNO2. The molecule has 1 aliphatic rings. The molecule has 4 heteroatoms. The van der Waals surface area contributed by atoms with Crippen LogP contribution in [0.4, 0.5) is 4.39 Å². The summed E-state index contributed by atoms with van der Waals surface area (Å²) < 4.78 is 14.0. The lowest BCUT2D eigenvalue weighted by atomic mass is 9.84. The van der Waals surface area contributed by atoms with Gasteiger partial charge < -0.3 is 15.1 Å². The summed E-state index contributed by atoms with van der Waals surface area (Å²) in [6, 6.07) is 12.5. The molecule has 1 aliphatic heterocycles. The van der Waals surface area contributed by atoms with Crippen LogP contribution >= 0.6 is 0 Å². The largest absolute Gasteiger partial charge is 0.387 e. The summed E-state index contributed by atoms with van der Waals surface area (Å²) in [4.78, 5) is 2.13. The Morgan fingerprint density at radius 1 is 1.08 bits per heavy atom. The highest BCUT2D eigenvalue weighted by molar-refractivity contribution is 5.31. The van der Waals surface area contributed by atoms with Gasteiger partial charge in [0, 0.05) is 25.2 Å². The second kappa shape index (κ2) is 7.24. The summed E-state index contributed by atoms with van der Waals surface area (Å²) in [6.07, 6.45) is 0.375. The van der Waals surface area contributed by atoms with E-state index < -0.39 is 11.7 Å². The number of hydrogen-bond acceptors (Lipinski definition) is 3. The van der Waals surface area contributed by atoms with Crippen molar-refractivity contribution in [1.29, 1.82) is 0 Å². The van der Waals surface area contributed by atoms with Gasteiger partial charge in [-0.1, -0.05) is 36.4 Å². The number of piperidine rings is 1. The first kappa shape index (κ1) is 18.1. The van der Waals surface area contributed by atoms with Gasteiger partial charge in [0.25, 0.3) is 0 Å². The standard InChI is InChI=1S/C21H26FNO2/c1-15-7-8-17(13-16(15)2)20(24)14-23-11-9-21(25,10-12-23)18-5-3-4-6-19(18)22/h3-8,13,20,24-25H,9-12,14H2,1-2H3/t20-/m0/s1. The van der Waals surface area contributed by atoms with Crippen molar-refractivity contribution in [2.75, 3.05) is 19.6 Å². The van der Waals surface area contributed by atoms with E-state index in [1.165, 1.54) is 17.2 Å². The molecule has 1 heterocycles. The molecule has 3 rings (SSSR count). The van der Waals surface area contributed by atoms with E-state index in [9.17, 15) is 14.6 Å². The molecule has 0 aromatic heterocycles. The van der Waals surface area contributed by atoms with Crippen LogP contribution in [-0.2, 0) is 5.60 Å². The molecule has 25 heavy (non-hydrogen) atoms. The molecule has 0 bridgehead atoms. The van der Waals surface area contributed by atoms with Crippen molar-refractivity contribution in [3.05, 3.63) is 70.5 Å². The quantitative estimate of drug-likeness (QED) is 0.893. The van der Waals surface area contributed by atoms with Crippen molar-refractivity contribution in [3.8, 4) is 0 Å². The van der Waals surface area contributed by atoms with Gasteiger partial charge in [0.15, 0.2) is 0 Å². The van der Waals surface area contributed by atoms with Gasteiger partial charge in [-0.2, -0.15) is 0 Å². The molecule has 2 aromatic rings. The Labute approximate surface area is 148 Å². The SMILES string of the molecule is Cc1ccc([C@@H](O)CN2CCC(O)(c3ccccc3F)CC2)cc1C. The highest BCUT2D eigenvalue weighted by Gasteiger charge is 2.36. The number of hydrogen-bond donors (Lipinski definition) is 2. The molecule has 134 valence electrons. The molecule has 0 radical (unpaired) electrons. The van der Waals surface area contributed by atoms with E-state index >= 15 is 0 Å². The van der Waals surface area contributed by atoms with Crippen molar-refractivity contribution < 1.29 is 14.6 Å². The van der Waals surface area contributed by atoms with Gasteiger partial charge in [-0.25, -0.2) is 4.39 Å². The molecule has 2 aromatic carbocycles. The van der Waals surface area contributed by atoms with Gasteiger partial charge in [0.05, 0.1) is 11.7 Å². The Kier molecular flexibility index (Phi) is 5.23. The third-order valence-electron chi connectivity index (χ3n) is 5.41. The zero-order chi connectivity index (χ0) is 18.0. The Bertz CT molecular complexity index is 738. The third-order valence-corrected chi connectivity index (χ3v) is 5.41. The fraction of sp³-hybridized carbons (Fsp3) is 0.429. The van der Waals surface area contributed by atoms with Crippen LogP contribution in [0.25, 0.3) is 0 Å². The second-order valence-electron chi connectivity index (χ2n) is 7.17. The number of aliphatic hydroxyl groups is 2. The zero-order valence-corrected chi connectivity index (χ0v) is 14.9. The summed E-state index contributed by atoms with van der Waals surface area (Å²) in [7, 11) is 0. The average molecular weight is 343 g/mol. The normalized spacial score (nSPS) is 18.9. The van der Waals surface area contributed by atoms with E-state index in [1.54, 1.807) is 18.2 Å². The Morgan fingerprint density at radius 2 is 1.76 bits per heavy atom. The van der Waals surface area contributed by atoms with Crippen molar-refractivity contribution >= 4 is 0 Å². The second-order valence-corrected chi connectivity index (χ2v) is 7.17. The van der Waals surface area contributed by atoms with E-state index in [4.69, 9.17) is 0 Å². The molecule has 3 nitrogen and oxygen atoms in total. The first-order valence-corrected chi connectivity index (χ1v) is 8.84. The average Bonchev–Trinajstić information content (AvgIpc) is 2.60. The van der Waals surface area contributed by atoms with Gasteiger partial charge in [-0.3, -0.25) is 0 Å². The summed E-state index contributed by atoms with van der Waals surface area (Å²) in [5, 5.41) is 21.3. The lowest BCUT2D eigenvalue weighted by Gasteiger charge is -2.39. The molecule has 1 saturated heterocycles. The monoisotopic (exact) mass is 343 g/mol. The van der Waals surface area contributed by atoms with Crippen LogP contribution in [-0.4, -0.2) is 34.7 Å². The predicted octanol–water partition coefficient (Wildman–Crippen LogP) is 3.46. The van der Waals surface area contributed by atoms with Crippen molar-refractivity contribution in [2.24, 2.45) is 0 Å². The van der Waals surface area contributed by atoms with Gasteiger partial charge in [-0.15, -0.1) is 0 Å². The van der Waals surface area contributed by atoms with Gasteiger partial charge in [0.2, 0.25) is 0 Å². The van der Waals surface area contributed by atoms with Crippen LogP contribution in [0.5, 0.6) is 0 Å². The number of β-amino-alcohol motifs (C(OH)–C–C–N with tert-alkyl or cyclic N) is 1. The van der Waals surface area contributed by atoms with E-state index in [-0.39, 0.29) is 5.82 Å². The first-order valence-electron chi connectivity index (χ1n) is 8.84. The van der Waals surface area contributed by atoms with Gasteiger partial charge in [0.1, 0.15) is 5.82 Å². The van der Waals surface area contributed by atoms with E-state index in [1.807, 2.05) is 25.1 Å². The van der Waals surface area contributed by atoms with Crippen molar-refractivity contribution in [1.82, 2.24) is 4.90 Å². The minimum absolute atomic E-state index is 0.353. The number of halogens is 1. The smallest absolute Gasteiger partial charge is 0.129 e. The van der Waals surface area contributed by atoms with Gasteiger partial charge in [-0.05, 0) is 49.4 Å². The summed E-state index contributed by atoms with van der Waals surface area (Å²) >= 11 is 0. The lowest BCUT2D eigenvalue weighted by Crippen LogP contribution is -2.44. The fourth-order valence-corrected chi connectivity index (χ4v) is 3.54. The first-order chi connectivity index (χ1) is 11.9. The Balaban J connectivity index is 1.62. The highest BCUT2D eigenvalue weighted by Crippen LogP contribution is 2.34. The maximum Gasteiger partial charge on any atom is 0.129 e. The van der Waals surface area contributed by atoms with Crippen molar-refractivity contribution in [3.63, 3.8) is 0 Å². The van der Waals surface area contributed by atoms with E-state index in [0.29, 0.717) is 38.0 Å². The topological polar surface area (TPSA) is 43.7 Å². The number of likely N-dealkylation sites (tertiary alicyclic amines) is 1. The maximum absolute atomic E-state index is 14.0. The van der Waals surface area contributed by atoms with Crippen LogP contribution in [0.1, 0.15) is 41.2 Å². The van der Waals surface area contributed by atoms with Crippen LogP contribution in [0, 0.1) is 19.7 Å². The molecular weight excluding hydrogens is 317 g/mol. The highest BCUT2D eigenvalue weighted by atomic mass is 19.1. The Morgan fingerprint density at radius 3 is 2.40 bits per heavy atom. The molecule has 0 unspecified atom stereocenters. The molecule has 0 aliphatic carbocycles. The Hall–Kier alpha value is -1.75. The summed E-state index contributed by atoms with van der Waals surface area (Å²) in [5.41, 5.74) is 2.56. The van der Waals surface area contributed by atoms with Gasteiger partial charge >= 0.3 is 0 Å². The number of rotatable bonds is 4. The van der Waals surface area contributed by atoms with Crippen LogP contribution in [0.2, 0.25) is 0 Å². The molecule has 0 spiro atoms. The van der Waals surface area contributed by atoms with Crippen LogP contribution in [0.15, 0.2) is 42.5 Å². The molecule has 0 amide bonds. The molecule has 1 atom stereocenters. The summed E-state index contributed by atoms with van der Waals surface area (Å²) in [6.45, 7) is 5.88. The number of aryl methyl sites for hydroxylation is 2. The van der Waals surface area contributed by atoms with Crippen LogP contribution in [0.3, 0.4) is 0 Å². The number of benzene rings is 2. The number of aliphatic hydroxyl groups excluding tert-OH is 1. The minimum atomic E-state index is -1.12. The summed E-state index contributed by atoms with van der Waals surface area (Å²) in [5.74, 6) is -0.353. The minimum Gasteiger partial charge on any atom is -0.387 e. The van der Waals surface area contributed by atoms with Crippen LogP contribution < -0.4 is 0 Å². The van der Waals surface area contributed by atoms with E-state index in [2.05, 4.69) is 11.8 Å². The molecule has 2 N–H and O–H groups in total. The fourth-order valence-electron chi connectivity index (χ4n) is 3.54. The number of nitrogens with zero attached hydrogens (tertiary/aromatic N) is 1.